The van der Waals surface area contributed by atoms with Crippen LogP contribution in [-0.4, -0.2) is 101 Å². The second kappa shape index (κ2) is 11.7. The third-order valence-corrected chi connectivity index (χ3v) is 12.0. The molecule has 6 aliphatic rings. The zero-order valence-corrected chi connectivity index (χ0v) is 26.2. The second-order valence-corrected chi connectivity index (χ2v) is 15.1. The fourth-order valence-electron chi connectivity index (χ4n) is 7.40. The summed E-state index contributed by atoms with van der Waals surface area (Å²) in [6.45, 7) is 0.811. The summed E-state index contributed by atoms with van der Waals surface area (Å²) in [6, 6.07) is 1.54. The number of hydrogen-bond acceptors (Lipinski definition) is 9. The molecule has 3 fully saturated rings. The monoisotopic (exact) mass is 658 g/mol. The Morgan fingerprint density at radius 2 is 1.76 bits per heavy atom. The van der Waals surface area contributed by atoms with Crippen LogP contribution in [0.4, 0.5) is 4.79 Å². The van der Waals surface area contributed by atoms with E-state index in [4.69, 9.17) is 14.2 Å². The van der Waals surface area contributed by atoms with Crippen molar-refractivity contribution in [2.75, 3.05) is 25.6 Å². The van der Waals surface area contributed by atoms with Crippen LogP contribution in [0.25, 0.3) is 0 Å². The number of rotatable bonds is 3. The number of carboxylic acid groups (broad SMARTS) is 1. The molecule has 5 aliphatic heterocycles. The molecule has 14 nitrogen and oxygen atoms in total. The van der Waals surface area contributed by atoms with Crippen LogP contribution in [0.5, 0.6) is 11.5 Å². The highest BCUT2D eigenvalue weighted by atomic mass is 32.2. The molecular formula is C31H38N4O10S. The number of nitrogens with zero attached hydrogens (tertiary/aromatic N) is 3. The van der Waals surface area contributed by atoms with Crippen LogP contribution in [0.2, 0.25) is 0 Å². The first kappa shape index (κ1) is 30.8. The minimum atomic E-state index is -3.66. The molecule has 1 aliphatic carbocycles. The van der Waals surface area contributed by atoms with E-state index in [9.17, 15) is 32.7 Å². The predicted molar refractivity (Wildman–Crippen MR) is 160 cm³/mol. The van der Waals surface area contributed by atoms with Crippen molar-refractivity contribution in [3.8, 4) is 11.5 Å². The van der Waals surface area contributed by atoms with Crippen LogP contribution >= 0.6 is 0 Å². The molecular weight excluding hydrogens is 620 g/mol. The van der Waals surface area contributed by atoms with E-state index in [2.05, 4.69) is 5.32 Å². The van der Waals surface area contributed by atoms with E-state index in [1.165, 1.54) is 14.1 Å². The normalized spacial score (nSPS) is 32.9. The Morgan fingerprint density at radius 1 is 1.02 bits per heavy atom. The number of hydrogen-bond donors (Lipinski definition) is 2. The zero-order valence-electron chi connectivity index (χ0n) is 25.4. The molecule has 5 heterocycles. The third-order valence-electron chi connectivity index (χ3n) is 10.0. The molecule has 2 saturated heterocycles. The Kier molecular flexibility index (Phi) is 7.86. The molecule has 248 valence electrons. The van der Waals surface area contributed by atoms with Crippen molar-refractivity contribution in [3.05, 3.63) is 35.4 Å². The number of amides is 3. The lowest BCUT2D eigenvalue weighted by Crippen LogP contribution is -2.56. The standard InChI is InChI=1S/C31H38N4O10S/c36-27-24-13-22(45-30(40)33-15-19-11-25-26(44-18-43-25)12-20(19)16-33)17-34(24)28(37)23(35-9-6-10-46(35,41)42)8-5-3-1-2-4-7-21-14-31(21,32-27)29(38)39/h4,7,11-12,21-24H,1-3,5-6,8-10,13-18H2,(H,32,36)(H,38,39)/b7-4-/t21-,22-,23+,24+,31-/m1/s1. The van der Waals surface area contributed by atoms with E-state index in [1.807, 2.05) is 24.3 Å². The highest BCUT2D eigenvalue weighted by Crippen LogP contribution is 2.45. The maximum absolute atomic E-state index is 14.3. The minimum Gasteiger partial charge on any atom is -0.479 e. The molecule has 46 heavy (non-hydrogen) atoms. The van der Waals surface area contributed by atoms with Crippen molar-refractivity contribution in [1.29, 1.82) is 0 Å². The number of fused-ring (bicyclic) bond motifs is 4. The number of allylic oxidation sites excluding steroid dienone is 1. The highest BCUT2D eigenvalue weighted by Gasteiger charge is 2.61. The molecule has 15 heteroatoms. The van der Waals surface area contributed by atoms with Crippen molar-refractivity contribution in [1.82, 2.24) is 19.4 Å². The van der Waals surface area contributed by atoms with Gasteiger partial charge in [0.05, 0.1) is 12.3 Å². The van der Waals surface area contributed by atoms with Gasteiger partial charge in [-0.1, -0.05) is 25.0 Å². The van der Waals surface area contributed by atoms with Gasteiger partial charge in [-0.15, -0.1) is 0 Å². The summed E-state index contributed by atoms with van der Waals surface area (Å²) < 4.78 is 44.0. The van der Waals surface area contributed by atoms with E-state index < -0.39 is 57.6 Å². The summed E-state index contributed by atoms with van der Waals surface area (Å²) in [4.78, 5) is 56.6. The molecule has 1 aromatic carbocycles. The summed E-state index contributed by atoms with van der Waals surface area (Å²) in [7, 11) is -3.66. The lowest BCUT2D eigenvalue weighted by Gasteiger charge is -2.32. The smallest absolute Gasteiger partial charge is 0.410 e. The summed E-state index contributed by atoms with van der Waals surface area (Å²) in [5, 5.41) is 12.8. The lowest BCUT2D eigenvalue weighted by molar-refractivity contribution is -0.146. The van der Waals surface area contributed by atoms with Gasteiger partial charge in [-0.25, -0.2) is 18.0 Å². The van der Waals surface area contributed by atoms with Crippen molar-refractivity contribution in [3.63, 3.8) is 0 Å². The van der Waals surface area contributed by atoms with Crippen LogP contribution in [0, 0.1) is 5.92 Å². The van der Waals surface area contributed by atoms with Gasteiger partial charge in [-0.2, -0.15) is 4.31 Å². The molecule has 2 N–H and O–H groups in total. The highest BCUT2D eigenvalue weighted by molar-refractivity contribution is 7.89. The van der Waals surface area contributed by atoms with Gasteiger partial charge in [0, 0.05) is 32.0 Å². The molecule has 5 atom stereocenters. The Hall–Kier alpha value is -3.85. The van der Waals surface area contributed by atoms with Crippen LogP contribution in [-0.2, 0) is 42.2 Å². The second-order valence-electron chi connectivity index (χ2n) is 13.0. The van der Waals surface area contributed by atoms with E-state index in [0.29, 0.717) is 37.2 Å². The first-order valence-electron chi connectivity index (χ1n) is 15.9. The quantitative estimate of drug-likeness (QED) is 0.456. The van der Waals surface area contributed by atoms with E-state index in [0.717, 1.165) is 24.0 Å². The Morgan fingerprint density at radius 3 is 2.43 bits per heavy atom. The lowest BCUT2D eigenvalue weighted by atomic mass is 10.0. The van der Waals surface area contributed by atoms with Crippen LogP contribution in [0.3, 0.4) is 0 Å². The van der Waals surface area contributed by atoms with Crippen molar-refractivity contribution in [2.45, 2.75) is 88.2 Å². The molecule has 0 aromatic heterocycles. The molecule has 7 rings (SSSR count). The van der Waals surface area contributed by atoms with Gasteiger partial charge in [0.1, 0.15) is 23.7 Å². The van der Waals surface area contributed by atoms with Crippen molar-refractivity contribution in [2.24, 2.45) is 5.92 Å². The number of nitrogens with one attached hydrogen (secondary N) is 1. The molecule has 0 unspecified atom stereocenters. The summed E-state index contributed by atoms with van der Waals surface area (Å²) >= 11 is 0. The molecule has 1 aromatic rings. The SMILES string of the molecule is O=C1N[C@]2(C(=O)O)C[C@H]2/C=C\CCCCC[C@H](N2CCCS2(=O)=O)C(=O)N2C[C@H](OC(=O)N3Cc4cc5c(cc4C3)OCO5)C[C@@H]12. The summed E-state index contributed by atoms with van der Waals surface area (Å²) in [6.07, 6.45) is 6.05. The van der Waals surface area contributed by atoms with Crippen molar-refractivity contribution < 1.29 is 46.9 Å². The Labute approximate surface area is 266 Å². The molecule has 3 amide bonds. The molecule has 1 saturated carbocycles. The van der Waals surface area contributed by atoms with Gasteiger partial charge < -0.3 is 29.5 Å². The van der Waals surface area contributed by atoms with Gasteiger partial charge in [0.2, 0.25) is 28.6 Å². The average Bonchev–Trinajstić information content (AvgIpc) is 3.50. The number of carbonyl (C=O) groups is 4. The van der Waals surface area contributed by atoms with E-state index >= 15 is 0 Å². The predicted octanol–water partition coefficient (Wildman–Crippen LogP) is 1.72. The van der Waals surface area contributed by atoms with Crippen LogP contribution in [0.15, 0.2) is 24.3 Å². The molecule has 0 radical (unpaired) electrons. The Balaban J connectivity index is 1.13. The van der Waals surface area contributed by atoms with Gasteiger partial charge in [-0.3, -0.25) is 14.5 Å². The maximum Gasteiger partial charge on any atom is 0.410 e. The molecule has 0 bridgehead atoms. The number of sulfonamides is 1. The van der Waals surface area contributed by atoms with Crippen LogP contribution in [0.1, 0.15) is 62.5 Å². The number of ether oxygens (including phenoxy) is 3. The van der Waals surface area contributed by atoms with E-state index in [1.54, 1.807) is 0 Å². The zero-order chi connectivity index (χ0) is 32.2. The fourth-order valence-corrected chi connectivity index (χ4v) is 9.12. The fraction of sp³-hybridized carbons (Fsp3) is 0.613. The number of aliphatic carboxylic acids is 1. The Bertz CT molecular complexity index is 1560. The first-order valence-corrected chi connectivity index (χ1v) is 17.6. The molecule has 0 spiro atoms. The van der Waals surface area contributed by atoms with Gasteiger partial charge in [0.15, 0.2) is 11.5 Å². The third kappa shape index (κ3) is 5.57. The maximum atomic E-state index is 14.3. The number of benzene rings is 1. The minimum absolute atomic E-state index is 0.0459. The summed E-state index contributed by atoms with van der Waals surface area (Å²) in [5.41, 5.74) is 0.317. The summed E-state index contributed by atoms with van der Waals surface area (Å²) in [5.74, 6) is -1.55. The van der Waals surface area contributed by atoms with Gasteiger partial charge >= 0.3 is 12.1 Å². The first-order chi connectivity index (χ1) is 22.1. The van der Waals surface area contributed by atoms with Gasteiger partial charge in [-0.05, 0) is 55.4 Å². The average molecular weight is 659 g/mol. The number of carboxylic acids is 1. The van der Waals surface area contributed by atoms with Crippen LogP contribution < -0.4 is 14.8 Å². The van der Waals surface area contributed by atoms with Gasteiger partial charge in [0.25, 0.3) is 0 Å². The van der Waals surface area contributed by atoms with E-state index in [-0.39, 0.29) is 57.5 Å². The topological polar surface area (TPSA) is 172 Å². The number of carbonyl (C=O) groups excluding carboxylic acids is 3. The largest absolute Gasteiger partial charge is 0.479 e. The van der Waals surface area contributed by atoms with Crippen molar-refractivity contribution >= 4 is 33.9 Å².